The highest BCUT2D eigenvalue weighted by Crippen LogP contribution is 2.27. The summed E-state index contributed by atoms with van der Waals surface area (Å²) < 4.78 is 34.9. The molecular formula is C25H32N6O5S. The molecule has 198 valence electrons. The summed E-state index contributed by atoms with van der Waals surface area (Å²) in [6, 6.07) is 13.9. The van der Waals surface area contributed by atoms with Gasteiger partial charge in [-0.2, -0.15) is 5.21 Å². The molecule has 1 fully saturated rings. The predicted octanol–water partition coefficient (Wildman–Crippen LogP) is 1.65. The number of benzene rings is 2. The quantitative estimate of drug-likeness (QED) is 0.395. The van der Waals surface area contributed by atoms with Crippen LogP contribution in [0.1, 0.15) is 29.4 Å². The van der Waals surface area contributed by atoms with Crippen LogP contribution < -0.4 is 4.74 Å². The molecule has 11 nitrogen and oxygen atoms in total. The number of aromatic nitrogens is 4. The van der Waals surface area contributed by atoms with Crippen molar-refractivity contribution < 1.29 is 22.7 Å². The van der Waals surface area contributed by atoms with Crippen LogP contribution >= 0.6 is 0 Å². The third-order valence-corrected chi connectivity index (χ3v) is 7.69. The molecule has 1 saturated heterocycles. The monoisotopic (exact) mass is 528 g/mol. The minimum Gasteiger partial charge on any atom is -0.485 e. The van der Waals surface area contributed by atoms with E-state index in [4.69, 9.17) is 9.47 Å². The fourth-order valence-electron chi connectivity index (χ4n) is 4.38. The Morgan fingerprint density at radius 2 is 2.03 bits per heavy atom. The Balaban J connectivity index is 1.51. The summed E-state index contributed by atoms with van der Waals surface area (Å²) >= 11 is 0. The van der Waals surface area contributed by atoms with Crippen molar-refractivity contribution in [3.8, 4) is 5.75 Å². The van der Waals surface area contributed by atoms with E-state index in [1.165, 1.54) is 12.1 Å². The van der Waals surface area contributed by atoms with Gasteiger partial charge in [-0.3, -0.25) is 9.69 Å². The summed E-state index contributed by atoms with van der Waals surface area (Å²) in [4.78, 5) is 17.7. The van der Waals surface area contributed by atoms with Gasteiger partial charge in [-0.25, -0.2) is 8.42 Å². The predicted molar refractivity (Wildman–Crippen MR) is 136 cm³/mol. The Labute approximate surface area is 216 Å². The number of sulfone groups is 1. The highest BCUT2D eigenvalue weighted by Gasteiger charge is 2.29. The van der Waals surface area contributed by atoms with Crippen LogP contribution in [-0.2, 0) is 32.4 Å². The van der Waals surface area contributed by atoms with E-state index in [1.807, 2.05) is 24.3 Å². The number of aromatic amines is 1. The minimum atomic E-state index is -3.29. The molecule has 1 aliphatic heterocycles. The minimum absolute atomic E-state index is 0.0716. The average molecular weight is 529 g/mol. The molecule has 2 aromatic carbocycles. The van der Waals surface area contributed by atoms with Crippen molar-refractivity contribution in [2.75, 3.05) is 40.0 Å². The van der Waals surface area contributed by atoms with Crippen LogP contribution in [0, 0.1) is 0 Å². The molecule has 4 rings (SSSR count). The molecule has 2 atom stereocenters. The van der Waals surface area contributed by atoms with Crippen LogP contribution in [0.15, 0.2) is 53.4 Å². The Morgan fingerprint density at radius 1 is 1.24 bits per heavy atom. The maximum Gasteiger partial charge on any atom is 0.227 e. The third-order valence-electron chi connectivity index (χ3n) is 6.56. The highest BCUT2D eigenvalue weighted by molar-refractivity contribution is 7.90. The SMILES string of the molecule is CO[C@H]1CCN(C[C@H](c2cccc(OCc3nn[nH]n3)c2)N(C)C(=O)Cc2ccc(S(C)(=O)=O)cc2)C1. The second-order valence-corrected chi connectivity index (χ2v) is 11.2. The molecule has 0 bridgehead atoms. The van der Waals surface area contributed by atoms with Crippen LogP contribution in [0.2, 0.25) is 0 Å². The second-order valence-electron chi connectivity index (χ2n) is 9.21. The van der Waals surface area contributed by atoms with Crippen LogP contribution in [0.5, 0.6) is 5.75 Å². The average Bonchev–Trinajstić information content (AvgIpc) is 3.57. The van der Waals surface area contributed by atoms with Crippen LogP contribution in [0.3, 0.4) is 0 Å². The summed E-state index contributed by atoms with van der Waals surface area (Å²) in [7, 11) is 0.230. The molecule has 3 aromatic rings. The number of hydrogen-bond donors (Lipinski definition) is 1. The van der Waals surface area contributed by atoms with Crippen molar-refractivity contribution in [1.29, 1.82) is 0 Å². The smallest absolute Gasteiger partial charge is 0.227 e. The molecule has 1 amide bonds. The molecule has 1 aromatic heterocycles. The van der Waals surface area contributed by atoms with Gasteiger partial charge in [0.25, 0.3) is 0 Å². The zero-order valence-corrected chi connectivity index (χ0v) is 22.0. The number of methoxy groups -OCH3 is 1. The number of carbonyl (C=O) groups is 1. The first-order valence-corrected chi connectivity index (χ1v) is 13.9. The van der Waals surface area contributed by atoms with Crippen molar-refractivity contribution in [1.82, 2.24) is 30.4 Å². The number of tetrazole rings is 1. The lowest BCUT2D eigenvalue weighted by molar-refractivity contribution is -0.131. The van der Waals surface area contributed by atoms with E-state index < -0.39 is 9.84 Å². The van der Waals surface area contributed by atoms with Gasteiger partial charge in [-0.1, -0.05) is 29.5 Å². The highest BCUT2D eigenvalue weighted by atomic mass is 32.2. The first kappa shape index (κ1) is 26.7. The molecule has 0 radical (unpaired) electrons. The lowest BCUT2D eigenvalue weighted by atomic mass is 10.0. The van der Waals surface area contributed by atoms with Crippen molar-refractivity contribution in [3.05, 3.63) is 65.5 Å². The summed E-state index contributed by atoms with van der Waals surface area (Å²) in [5, 5.41) is 13.8. The molecule has 1 N–H and O–H groups in total. The fraction of sp³-hybridized carbons (Fsp3) is 0.440. The number of ether oxygens (including phenoxy) is 2. The number of nitrogens with zero attached hydrogens (tertiary/aromatic N) is 5. The number of hydrogen-bond acceptors (Lipinski definition) is 9. The van der Waals surface area contributed by atoms with E-state index in [2.05, 4.69) is 25.5 Å². The summed E-state index contributed by atoms with van der Waals surface area (Å²) in [5.41, 5.74) is 1.69. The zero-order valence-electron chi connectivity index (χ0n) is 21.2. The zero-order chi connectivity index (χ0) is 26.4. The van der Waals surface area contributed by atoms with E-state index in [0.29, 0.717) is 18.1 Å². The van der Waals surface area contributed by atoms with Gasteiger partial charge in [0, 0.05) is 40.0 Å². The molecule has 0 spiro atoms. The van der Waals surface area contributed by atoms with E-state index in [9.17, 15) is 13.2 Å². The molecule has 2 heterocycles. The number of likely N-dealkylation sites (N-methyl/N-ethyl adjacent to an activating group) is 1. The van der Waals surface area contributed by atoms with E-state index in [-0.39, 0.29) is 36.0 Å². The van der Waals surface area contributed by atoms with E-state index in [0.717, 1.165) is 36.9 Å². The molecule has 0 unspecified atom stereocenters. The Kier molecular flexibility index (Phi) is 8.52. The van der Waals surface area contributed by atoms with Crippen LogP contribution in [0.4, 0.5) is 0 Å². The molecule has 0 saturated carbocycles. The van der Waals surface area contributed by atoms with Crippen molar-refractivity contribution in [3.63, 3.8) is 0 Å². The van der Waals surface area contributed by atoms with Gasteiger partial charge in [0.05, 0.1) is 23.5 Å². The number of amides is 1. The first-order valence-electron chi connectivity index (χ1n) is 12.0. The standard InChI is InChI=1S/C25H32N6O5S/c1-30(25(32)13-18-7-9-22(10-8-18)37(3,33)34)23(16-31-12-11-21(15-31)35-2)19-5-4-6-20(14-19)36-17-24-26-28-29-27-24/h4-10,14,21,23H,11-13,15-17H2,1-3H3,(H,26,27,28,29)/t21-,23+/m0/s1. The maximum atomic E-state index is 13.4. The van der Waals surface area contributed by atoms with Gasteiger partial charge in [0.1, 0.15) is 5.75 Å². The van der Waals surface area contributed by atoms with Crippen LogP contribution in [0.25, 0.3) is 0 Å². The first-order chi connectivity index (χ1) is 17.7. The summed E-state index contributed by atoms with van der Waals surface area (Å²) in [5.74, 6) is 1.01. The van der Waals surface area contributed by atoms with Gasteiger partial charge in [-0.05, 0) is 41.8 Å². The molecular weight excluding hydrogens is 496 g/mol. The van der Waals surface area contributed by atoms with Crippen LogP contribution in [-0.4, -0.2) is 90.9 Å². The molecule has 1 aliphatic rings. The number of rotatable bonds is 11. The molecule has 12 heteroatoms. The lowest BCUT2D eigenvalue weighted by Crippen LogP contribution is -2.39. The third kappa shape index (κ3) is 7.12. The number of likely N-dealkylation sites (tertiary alicyclic amines) is 1. The maximum absolute atomic E-state index is 13.4. The van der Waals surface area contributed by atoms with Crippen molar-refractivity contribution in [2.45, 2.75) is 36.5 Å². The van der Waals surface area contributed by atoms with Gasteiger partial charge < -0.3 is 14.4 Å². The number of H-pyrrole nitrogens is 1. The fourth-order valence-corrected chi connectivity index (χ4v) is 5.01. The van der Waals surface area contributed by atoms with Gasteiger partial charge in [-0.15, -0.1) is 10.2 Å². The van der Waals surface area contributed by atoms with Crippen molar-refractivity contribution >= 4 is 15.7 Å². The van der Waals surface area contributed by atoms with Gasteiger partial charge in [0.15, 0.2) is 16.4 Å². The largest absolute Gasteiger partial charge is 0.485 e. The van der Waals surface area contributed by atoms with Gasteiger partial charge >= 0.3 is 0 Å². The van der Waals surface area contributed by atoms with Crippen molar-refractivity contribution in [2.24, 2.45) is 0 Å². The van der Waals surface area contributed by atoms with E-state index >= 15 is 0 Å². The second kappa shape index (κ2) is 11.8. The number of carbonyl (C=O) groups excluding carboxylic acids is 1. The topological polar surface area (TPSA) is 131 Å². The van der Waals surface area contributed by atoms with E-state index in [1.54, 1.807) is 31.2 Å². The summed E-state index contributed by atoms with van der Waals surface area (Å²) in [6.07, 6.45) is 2.45. The normalized spacial score (nSPS) is 17.0. The Hall–Kier alpha value is -3.35. The van der Waals surface area contributed by atoms with Gasteiger partial charge in [0.2, 0.25) is 11.7 Å². The Bertz CT molecular complexity index is 1280. The molecule has 37 heavy (non-hydrogen) atoms. The summed E-state index contributed by atoms with van der Waals surface area (Å²) in [6.45, 7) is 2.50. The lowest BCUT2D eigenvalue weighted by Gasteiger charge is -2.32. The number of nitrogens with one attached hydrogen (secondary N) is 1. The molecule has 0 aliphatic carbocycles. The Morgan fingerprint density at radius 3 is 2.68 bits per heavy atom.